The highest BCUT2D eigenvalue weighted by atomic mass is 19.1. The van der Waals surface area contributed by atoms with Crippen molar-refractivity contribution in [2.75, 3.05) is 13.6 Å². The lowest BCUT2D eigenvalue weighted by Gasteiger charge is -2.14. The van der Waals surface area contributed by atoms with Crippen LogP contribution in [0, 0.1) is 5.82 Å². The Morgan fingerprint density at radius 1 is 1.56 bits per heavy atom. The molecule has 1 aromatic carbocycles. The van der Waals surface area contributed by atoms with Gasteiger partial charge in [0.05, 0.1) is 0 Å². The Kier molecular flexibility index (Phi) is 3.52. The first kappa shape index (κ1) is 12.8. The highest BCUT2D eigenvalue weighted by molar-refractivity contribution is 5.83. The van der Waals surface area contributed by atoms with Gasteiger partial charge in [0.15, 0.2) is 6.10 Å². The molecule has 18 heavy (non-hydrogen) atoms. The van der Waals surface area contributed by atoms with Crippen LogP contribution in [-0.4, -0.2) is 30.5 Å². The number of likely N-dealkylation sites (tertiary alicyclic amines) is 1. The average Bonchev–Trinajstić information content (AvgIpc) is 2.61. The molecule has 4 nitrogen and oxygen atoms in total. The molecule has 2 rings (SSSR count). The van der Waals surface area contributed by atoms with E-state index in [1.165, 1.54) is 6.07 Å². The molecule has 1 aliphatic rings. The zero-order chi connectivity index (χ0) is 13.3. The van der Waals surface area contributed by atoms with Crippen LogP contribution in [0.3, 0.4) is 0 Å². The number of likely N-dealkylation sites (N-methyl/N-ethyl adjacent to an activating group) is 1. The number of nitrogens with two attached hydrogens (primary N) is 1. The van der Waals surface area contributed by atoms with Gasteiger partial charge in [-0.25, -0.2) is 4.39 Å². The van der Waals surface area contributed by atoms with E-state index in [0.717, 1.165) is 0 Å². The van der Waals surface area contributed by atoms with Crippen molar-refractivity contribution in [2.24, 2.45) is 5.73 Å². The van der Waals surface area contributed by atoms with E-state index in [1.807, 2.05) is 0 Å². The number of carbonyl (C=O) groups is 1. The van der Waals surface area contributed by atoms with E-state index in [0.29, 0.717) is 24.3 Å². The molecule has 0 aliphatic carbocycles. The van der Waals surface area contributed by atoms with E-state index in [2.05, 4.69) is 0 Å². The molecule has 1 aliphatic heterocycles. The summed E-state index contributed by atoms with van der Waals surface area (Å²) in [6, 6.07) is 4.16. The van der Waals surface area contributed by atoms with Crippen LogP contribution >= 0.6 is 0 Å². The van der Waals surface area contributed by atoms with Gasteiger partial charge in [-0.3, -0.25) is 4.79 Å². The Labute approximate surface area is 106 Å². The molecule has 98 valence electrons. The summed E-state index contributed by atoms with van der Waals surface area (Å²) in [7, 11) is 1.73. The average molecular weight is 252 g/mol. The number of hydrogen-bond donors (Lipinski definition) is 1. The second kappa shape index (κ2) is 4.94. The summed E-state index contributed by atoms with van der Waals surface area (Å²) in [6.07, 6.45) is 0.127. The largest absolute Gasteiger partial charge is 0.480 e. The lowest BCUT2D eigenvalue weighted by Crippen LogP contribution is -2.29. The van der Waals surface area contributed by atoms with Crippen molar-refractivity contribution in [1.29, 1.82) is 0 Å². The third-order valence-corrected chi connectivity index (χ3v) is 3.12. The first-order chi connectivity index (χ1) is 8.49. The van der Waals surface area contributed by atoms with Crippen LogP contribution < -0.4 is 10.5 Å². The molecule has 0 aromatic heterocycles. The SMILES string of the molecule is CC(N)c1ccc(OC2CCN(C)C2=O)cc1F. The van der Waals surface area contributed by atoms with Crippen LogP contribution in [0.5, 0.6) is 5.75 Å². The fourth-order valence-electron chi connectivity index (χ4n) is 2.01. The van der Waals surface area contributed by atoms with E-state index in [9.17, 15) is 9.18 Å². The standard InChI is InChI=1S/C13H17FN2O2/c1-8(15)10-4-3-9(7-11(10)14)18-12-5-6-16(2)13(12)17/h3-4,7-8,12H,5-6,15H2,1-2H3. The maximum atomic E-state index is 13.7. The maximum Gasteiger partial charge on any atom is 0.263 e. The first-order valence-electron chi connectivity index (χ1n) is 5.95. The molecule has 2 N–H and O–H groups in total. The number of halogens is 1. The summed E-state index contributed by atoms with van der Waals surface area (Å²) >= 11 is 0. The van der Waals surface area contributed by atoms with E-state index in [1.54, 1.807) is 31.0 Å². The van der Waals surface area contributed by atoms with Gasteiger partial charge in [0.1, 0.15) is 11.6 Å². The van der Waals surface area contributed by atoms with Crippen LogP contribution in [-0.2, 0) is 4.79 Å². The molecule has 0 saturated carbocycles. The second-order valence-corrected chi connectivity index (χ2v) is 4.63. The Bertz CT molecular complexity index is 462. The van der Waals surface area contributed by atoms with Gasteiger partial charge in [-0.2, -0.15) is 0 Å². The summed E-state index contributed by atoms with van der Waals surface area (Å²) in [6.45, 7) is 2.39. The van der Waals surface area contributed by atoms with Crippen molar-refractivity contribution < 1.29 is 13.9 Å². The molecular formula is C13H17FN2O2. The Morgan fingerprint density at radius 3 is 2.78 bits per heavy atom. The van der Waals surface area contributed by atoms with Gasteiger partial charge in [0.25, 0.3) is 5.91 Å². The first-order valence-corrected chi connectivity index (χ1v) is 5.95. The van der Waals surface area contributed by atoms with Crippen LogP contribution in [0.15, 0.2) is 18.2 Å². The van der Waals surface area contributed by atoms with Crippen molar-refractivity contribution in [3.8, 4) is 5.75 Å². The fourth-order valence-corrected chi connectivity index (χ4v) is 2.01. The monoisotopic (exact) mass is 252 g/mol. The number of carbonyl (C=O) groups excluding carboxylic acids is 1. The van der Waals surface area contributed by atoms with Gasteiger partial charge in [-0.15, -0.1) is 0 Å². The molecule has 0 radical (unpaired) electrons. The minimum atomic E-state index is -0.504. The van der Waals surface area contributed by atoms with Gasteiger partial charge in [0, 0.05) is 37.7 Å². The molecule has 1 fully saturated rings. The van der Waals surface area contributed by atoms with Crippen LogP contribution in [0.2, 0.25) is 0 Å². The van der Waals surface area contributed by atoms with Gasteiger partial charge in [-0.1, -0.05) is 6.07 Å². The Hall–Kier alpha value is -1.62. The Morgan fingerprint density at radius 2 is 2.28 bits per heavy atom. The topological polar surface area (TPSA) is 55.6 Å². The van der Waals surface area contributed by atoms with Crippen molar-refractivity contribution in [1.82, 2.24) is 4.90 Å². The van der Waals surface area contributed by atoms with E-state index < -0.39 is 11.9 Å². The van der Waals surface area contributed by atoms with Crippen LogP contribution in [0.1, 0.15) is 24.9 Å². The fraction of sp³-hybridized carbons (Fsp3) is 0.462. The third kappa shape index (κ3) is 2.46. The van der Waals surface area contributed by atoms with Gasteiger partial charge in [-0.05, 0) is 13.0 Å². The number of rotatable bonds is 3. The highest BCUT2D eigenvalue weighted by Gasteiger charge is 2.30. The molecule has 0 spiro atoms. The number of amides is 1. The van der Waals surface area contributed by atoms with Gasteiger partial charge < -0.3 is 15.4 Å². The summed E-state index contributed by atoms with van der Waals surface area (Å²) in [5.74, 6) is -0.0986. The predicted molar refractivity (Wildman–Crippen MR) is 65.7 cm³/mol. The summed E-state index contributed by atoms with van der Waals surface area (Å²) in [5, 5.41) is 0. The second-order valence-electron chi connectivity index (χ2n) is 4.63. The van der Waals surface area contributed by atoms with Crippen molar-refractivity contribution in [3.63, 3.8) is 0 Å². The Balaban J connectivity index is 2.11. The lowest BCUT2D eigenvalue weighted by atomic mass is 10.1. The minimum absolute atomic E-state index is 0.0633. The molecule has 1 aromatic rings. The predicted octanol–water partition coefficient (Wildman–Crippen LogP) is 1.45. The zero-order valence-corrected chi connectivity index (χ0v) is 10.5. The molecule has 2 atom stereocenters. The number of hydrogen-bond acceptors (Lipinski definition) is 3. The number of ether oxygens (including phenoxy) is 1. The van der Waals surface area contributed by atoms with E-state index in [4.69, 9.17) is 10.5 Å². The van der Waals surface area contributed by atoms with Crippen LogP contribution in [0.4, 0.5) is 4.39 Å². The highest BCUT2D eigenvalue weighted by Crippen LogP contribution is 2.23. The van der Waals surface area contributed by atoms with Crippen molar-refractivity contribution in [3.05, 3.63) is 29.6 Å². The van der Waals surface area contributed by atoms with Crippen molar-refractivity contribution in [2.45, 2.75) is 25.5 Å². The van der Waals surface area contributed by atoms with Crippen LogP contribution in [0.25, 0.3) is 0 Å². The van der Waals surface area contributed by atoms with Crippen molar-refractivity contribution >= 4 is 5.91 Å². The van der Waals surface area contributed by atoms with E-state index in [-0.39, 0.29) is 11.9 Å². The molecule has 5 heteroatoms. The molecule has 1 saturated heterocycles. The maximum absolute atomic E-state index is 13.7. The van der Waals surface area contributed by atoms with E-state index >= 15 is 0 Å². The lowest BCUT2D eigenvalue weighted by molar-refractivity contribution is -0.132. The molecule has 2 unspecified atom stereocenters. The molecule has 1 amide bonds. The summed E-state index contributed by atoms with van der Waals surface area (Å²) < 4.78 is 19.2. The quantitative estimate of drug-likeness (QED) is 0.886. The molecular weight excluding hydrogens is 235 g/mol. The third-order valence-electron chi connectivity index (χ3n) is 3.12. The smallest absolute Gasteiger partial charge is 0.263 e. The number of nitrogens with zero attached hydrogens (tertiary/aromatic N) is 1. The van der Waals surface area contributed by atoms with Gasteiger partial charge >= 0.3 is 0 Å². The van der Waals surface area contributed by atoms with Gasteiger partial charge in [0.2, 0.25) is 0 Å². The normalized spacial score (nSPS) is 21.2. The summed E-state index contributed by atoms with van der Waals surface area (Å²) in [4.78, 5) is 13.3. The molecule has 0 bridgehead atoms. The minimum Gasteiger partial charge on any atom is -0.480 e. The number of benzene rings is 1. The molecule has 1 heterocycles. The zero-order valence-electron chi connectivity index (χ0n) is 10.5. The summed E-state index contributed by atoms with van der Waals surface area (Å²) in [5.41, 5.74) is 6.07.